The molecule has 0 unspecified atom stereocenters. The molecule has 0 spiro atoms. The largest absolute Gasteiger partial charge is 0.254 e. The van der Waals surface area contributed by atoms with Crippen molar-refractivity contribution in [3.63, 3.8) is 0 Å². The van der Waals surface area contributed by atoms with Gasteiger partial charge in [0.25, 0.3) is 0 Å². The minimum atomic E-state index is 0.437. The number of hydrogen-bond acceptors (Lipinski definition) is 3. The monoisotopic (exact) mass is 194 g/mol. The third-order valence-electron chi connectivity index (χ3n) is 1.53. The molecule has 0 fully saturated rings. The number of aromatic nitrogens is 1. The second-order valence-electron chi connectivity index (χ2n) is 2.23. The van der Waals surface area contributed by atoms with Gasteiger partial charge in [-0.1, -0.05) is 11.6 Å². The summed E-state index contributed by atoms with van der Waals surface area (Å²) in [6, 6.07) is 3.87. The van der Waals surface area contributed by atoms with Gasteiger partial charge in [-0.3, -0.25) is 4.98 Å². The van der Waals surface area contributed by atoms with E-state index < -0.39 is 0 Å². The SMILES string of the molecule is N#Cc1cnc2ccsc2c1Cl. The lowest BCUT2D eigenvalue weighted by molar-refractivity contribution is 1.38. The van der Waals surface area contributed by atoms with Gasteiger partial charge >= 0.3 is 0 Å². The van der Waals surface area contributed by atoms with Crippen LogP contribution >= 0.6 is 22.9 Å². The zero-order valence-corrected chi connectivity index (χ0v) is 7.49. The Kier molecular flexibility index (Phi) is 1.72. The Bertz CT molecular complexity index is 469. The number of fused-ring (bicyclic) bond motifs is 1. The number of nitriles is 1. The molecule has 2 aromatic rings. The van der Waals surface area contributed by atoms with Crippen molar-refractivity contribution in [2.75, 3.05) is 0 Å². The average Bonchev–Trinajstić information content (AvgIpc) is 2.53. The van der Waals surface area contributed by atoms with Crippen molar-refractivity contribution in [1.29, 1.82) is 5.26 Å². The summed E-state index contributed by atoms with van der Waals surface area (Å²) < 4.78 is 0.885. The quantitative estimate of drug-likeness (QED) is 0.647. The van der Waals surface area contributed by atoms with Crippen LogP contribution in [0.5, 0.6) is 0 Å². The van der Waals surface area contributed by atoms with Crippen LogP contribution in [-0.2, 0) is 0 Å². The van der Waals surface area contributed by atoms with Gasteiger partial charge in [-0.2, -0.15) is 5.26 Å². The highest BCUT2D eigenvalue weighted by atomic mass is 35.5. The molecule has 0 aliphatic heterocycles. The Morgan fingerprint density at radius 2 is 2.42 bits per heavy atom. The van der Waals surface area contributed by atoms with Gasteiger partial charge in [-0.15, -0.1) is 11.3 Å². The standard InChI is InChI=1S/C8H3ClN2S/c9-7-5(3-10)4-11-6-1-2-12-8(6)7/h1-2,4H. The lowest BCUT2D eigenvalue weighted by atomic mass is 10.3. The van der Waals surface area contributed by atoms with Crippen LogP contribution in [-0.4, -0.2) is 4.98 Å². The number of thiophene rings is 1. The Morgan fingerprint density at radius 3 is 3.17 bits per heavy atom. The van der Waals surface area contributed by atoms with Gasteiger partial charge < -0.3 is 0 Å². The minimum absolute atomic E-state index is 0.437. The normalized spacial score (nSPS) is 10.0. The Balaban J connectivity index is 2.89. The lowest BCUT2D eigenvalue weighted by Gasteiger charge is -1.93. The highest BCUT2D eigenvalue weighted by Crippen LogP contribution is 2.29. The molecular formula is C8H3ClN2S. The van der Waals surface area contributed by atoms with Gasteiger partial charge in [0.05, 0.1) is 20.8 Å². The van der Waals surface area contributed by atoms with Crippen LogP contribution in [0.1, 0.15) is 5.56 Å². The molecule has 4 heteroatoms. The van der Waals surface area contributed by atoms with E-state index in [4.69, 9.17) is 16.9 Å². The average molecular weight is 195 g/mol. The van der Waals surface area contributed by atoms with E-state index in [0.717, 1.165) is 10.2 Å². The van der Waals surface area contributed by atoms with Gasteiger partial charge in [0.15, 0.2) is 0 Å². The summed E-state index contributed by atoms with van der Waals surface area (Å²) in [6.07, 6.45) is 1.50. The fraction of sp³-hybridized carbons (Fsp3) is 0. The molecule has 0 aromatic carbocycles. The molecule has 0 aliphatic carbocycles. The number of pyridine rings is 1. The maximum atomic E-state index is 8.65. The third-order valence-corrected chi connectivity index (χ3v) is 2.96. The molecule has 2 nitrogen and oxygen atoms in total. The summed E-state index contributed by atoms with van der Waals surface area (Å²) in [5, 5.41) is 11.1. The van der Waals surface area contributed by atoms with Gasteiger partial charge in [0.2, 0.25) is 0 Å². The van der Waals surface area contributed by atoms with Crippen LogP contribution in [0.4, 0.5) is 0 Å². The van der Waals surface area contributed by atoms with Crippen molar-refractivity contribution >= 4 is 33.2 Å². The third kappa shape index (κ3) is 0.970. The van der Waals surface area contributed by atoms with Crippen LogP contribution in [0, 0.1) is 11.3 Å². The number of hydrogen-bond donors (Lipinski definition) is 0. The first-order valence-electron chi connectivity index (χ1n) is 3.24. The van der Waals surface area contributed by atoms with E-state index in [0.29, 0.717) is 10.6 Å². The van der Waals surface area contributed by atoms with Gasteiger partial charge in [-0.05, 0) is 11.4 Å². The molecule has 2 aromatic heterocycles. The van der Waals surface area contributed by atoms with Crippen molar-refractivity contribution in [3.8, 4) is 6.07 Å². The van der Waals surface area contributed by atoms with E-state index in [-0.39, 0.29) is 0 Å². The zero-order chi connectivity index (χ0) is 8.55. The molecular weight excluding hydrogens is 192 g/mol. The summed E-state index contributed by atoms with van der Waals surface area (Å²) in [6.45, 7) is 0. The van der Waals surface area contributed by atoms with E-state index in [2.05, 4.69) is 4.98 Å². The van der Waals surface area contributed by atoms with Crippen LogP contribution in [0.2, 0.25) is 5.02 Å². The lowest BCUT2D eigenvalue weighted by Crippen LogP contribution is -1.79. The summed E-state index contributed by atoms with van der Waals surface area (Å²) in [4.78, 5) is 4.08. The molecule has 0 aliphatic rings. The smallest absolute Gasteiger partial charge is 0.102 e. The molecule has 0 bridgehead atoms. The van der Waals surface area contributed by atoms with Crippen LogP contribution in [0.3, 0.4) is 0 Å². The van der Waals surface area contributed by atoms with Crippen molar-refractivity contribution in [2.45, 2.75) is 0 Å². The molecule has 0 amide bonds. The molecule has 0 saturated heterocycles. The number of rotatable bonds is 0. The maximum Gasteiger partial charge on any atom is 0.102 e. The summed E-state index contributed by atoms with van der Waals surface area (Å²) in [7, 11) is 0. The first-order valence-corrected chi connectivity index (χ1v) is 4.50. The van der Waals surface area contributed by atoms with Gasteiger partial charge in [-0.25, -0.2) is 0 Å². The van der Waals surface area contributed by atoms with Crippen LogP contribution in [0.25, 0.3) is 10.2 Å². The van der Waals surface area contributed by atoms with E-state index in [1.165, 1.54) is 17.5 Å². The van der Waals surface area contributed by atoms with Crippen molar-refractivity contribution < 1.29 is 0 Å². The van der Waals surface area contributed by atoms with Crippen molar-refractivity contribution in [2.24, 2.45) is 0 Å². The van der Waals surface area contributed by atoms with E-state index in [9.17, 15) is 0 Å². The molecule has 2 heterocycles. The first kappa shape index (κ1) is 7.53. The Morgan fingerprint density at radius 1 is 1.58 bits per heavy atom. The molecule has 12 heavy (non-hydrogen) atoms. The maximum absolute atomic E-state index is 8.65. The molecule has 0 atom stereocenters. The van der Waals surface area contributed by atoms with Crippen molar-refractivity contribution in [1.82, 2.24) is 4.98 Å². The Labute approximate surface area is 78.0 Å². The summed E-state index contributed by atoms with van der Waals surface area (Å²) in [5.74, 6) is 0. The molecule has 0 saturated carbocycles. The van der Waals surface area contributed by atoms with Crippen molar-refractivity contribution in [3.05, 3.63) is 28.2 Å². The summed E-state index contributed by atoms with van der Waals surface area (Å²) >= 11 is 7.43. The Hall–Kier alpha value is -1.11. The molecule has 58 valence electrons. The number of nitrogens with zero attached hydrogens (tertiary/aromatic N) is 2. The highest BCUT2D eigenvalue weighted by Gasteiger charge is 2.06. The number of halogens is 1. The van der Waals surface area contributed by atoms with E-state index in [1.807, 2.05) is 17.5 Å². The van der Waals surface area contributed by atoms with Gasteiger partial charge in [0, 0.05) is 6.20 Å². The fourth-order valence-electron chi connectivity index (χ4n) is 0.959. The predicted molar refractivity (Wildman–Crippen MR) is 49.3 cm³/mol. The predicted octanol–water partition coefficient (Wildman–Crippen LogP) is 2.82. The first-order chi connectivity index (χ1) is 5.83. The van der Waals surface area contributed by atoms with Crippen LogP contribution in [0.15, 0.2) is 17.6 Å². The zero-order valence-electron chi connectivity index (χ0n) is 5.91. The second kappa shape index (κ2) is 2.74. The topological polar surface area (TPSA) is 36.7 Å². The van der Waals surface area contributed by atoms with E-state index in [1.54, 1.807) is 0 Å². The molecule has 0 N–H and O–H groups in total. The minimum Gasteiger partial charge on any atom is -0.254 e. The fourth-order valence-corrected chi connectivity index (χ4v) is 2.07. The van der Waals surface area contributed by atoms with E-state index >= 15 is 0 Å². The second-order valence-corrected chi connectivity index (χ2v) is 3.53. The van der Waals surface area contributed by atoms with Crippen LogP contribution < -0.4 is 0 Å². The van der Waals surface area contributed by atoms with Gasteiger partial charge in [0.1, 0.15) is 6.07 Å². The molecule has 2 rings (SSSR count). The molecule has 0 radical (unpaired) electrons. The summed E-state index contributed by atoms with van der Waals surface area (Å²) in [5.41, 5.74) is 1.29. The highest BCUT2D eigenvalue weighted by molar-refractivity contribution is 7.17.